The van der Waals surface area contributed by atoms with Crippen molar-refractivity contribution >= 4 is 22.7 Å². The zero-order chi connectivity index (χ0) is 21.5. The van der Waals surface area contributed by atoms with Crippen LogP contribution in [0.25, 0.3) is 22.7 Å². The van der Waals surface area contributed by atoms with Gasteiger partial charge in [0.2, 0.25) is 0 Å². The van der Waals surface area contributed by atoms with Crippen molar-refractivity contribution in [2.24, 2.45) is 0 Å². The van der Waals surface area contributed by atoms with Crippen molar-refractivity contribution in [3.8, 4) is 0 Å². The van der Waals surface area contributed by atoms with E-state index in [0.29, 0.717) is 0 Å². The van der Waals surface area contributed by atoms with Gasteiger partial charge in [0, 0.05) is 23.8 Å². The van der Waals surface area contributed by atoms with Gasteiger partial charge in [0.25, 0.3) is 0 Å². The molecule has 5 rings (SSSR count). The van der Waals surface area contributed by atoms with Gasteiger partial charge in [-0.15, -0.1) is 0 Å². The monoisotopic (exact) mass is 410 g/mol. The number of rotatable bonds is 3. The Bertz CT molecular complexity index is 1270. The van der Waals surface area contributed by atoms with E-state index in [1.54, 1.807) is 0 Å². The molecular weight excluding hydrogens is 383 g/mol. The fraction of sp³-hybridized carbons (Fsp3) is 0.214. The third-order valence-electron chi connectivity index (χ3n) is 6.46. The lowest BCUT2D eigenvalue weighted by molar-refractivity contribution is 0.259. The lowest BCUT2D eigenvalue weighted by Gasteiger charge is -2.34. The number of allylic oxidation sites excluding steroid dienone is 1. The van der Waals surface area contributed by atoms with E-state index >= 15 is 0 Å². The first-order chi connectivity index (χ1) is 15.0. The molecule has 2 heterocycles. The average Bonchev–Trinajstić information content (AvgIpc) is 3.07. The highest BCUT2D eigenvalue weighted by Gasteiger charge is 2.31. The Labute approximate surface area is 183 Å². The van der Waals surface area contributed by atoms with Crippen molar-refractivity contribution in [1.29, 1.82) is 0 Å². The van der Waals surface area contributed by atoms with Gasteiger partial charge in [-0.1, -0.05) is 54.1 Å². The molecule has 1 unspecified atom stereocenters. The minimum absolute atomic E-state index is 0.190. The van der Waals surface area contributed by atoms with E-state index in [0.717, 1.165) is 24.1 Å². The predicted octanol–water partition coefficient (Wildman–Crippen LogP) is 6.68. The van der Waals surface area contributed by atoms with Crippen LogP contribution in [-0.2, 0) is 6.42 Å². The van der Waals surface area contributed by atoms with Crippen LogP contribution in [0.4, 0.5) is 4.39 Å². The predicted molar refractivity (Wildman–Crippen MR) is 128 cm³/mol. The fourth-order valence-corrected chi connectivity index (χ4v) is 4.87. The maximum absolute atomic E-state index is 13.5. The molecule has 1 atom stereocenters. The van der Waals surface area contributed by atoms with Gasteiger partial charge >= 0.3 is 0 Å². The normalized spacial score (nSPS) is 17.2. The molecule has 0 saturated carbocycles. The summed E-state index contributed by atoms with van der Waals surface area (Å²) in [7, 11) is 2.21. The quantitative estimate of drug-likeness (QED) is 0.365. The minimum Gasteiger partial charge on any atom is -0.318 e. The molecule has 156 valence electrons. The van der Waals surface area contributed by atoms with E-state index < -0.39 is 0 Å². The zero-order valence-corrected chi connectivity index (χ0v) is 18.3. The topological polar surface area (TPSA) is 8.17 Å². The summed E-state index contributed by atoms with van der Waals surface area (Å²) in [5.74, 6) is -0.207. The number of hydrogen-bond donors (Lipinski definition) is 0. The van der Waals surface area contributed by atoms with Crippen LogP contribution in [0.2, 0.25) is 0 Å². The third kappa shape index (κ3) is 3.49. The standard InChI is InChI=1S/C28H27FN2/c1-19-9-14-26-25(17-19)24-15-16-30(3)27(22-7-5-4-6-8-22)28(24)31(26)18-20(2)21-10-12-23(29)13-11-21/h4-14,17-18,27H,15-16H2,1-3H3/b20-18+. The Morgan fingerprint density at radius 2 is 1.74 bits per heavy atom. The Morgan fingerprint density at radius 3 is 2.48 bits per heavy atom. The molecule has 4 aromatic rings. The molecule has 0 aliphatic carbocycles. The second-order valence-corrected chi connectivity index (χ2v) is 8.62. The Kier molecular flexibility index (Phi) is 4.99. The highest BCUT2D eigenvalue weighted by atomic mass is 19.1. The van der Waals surface area contributed by atoms with Gasteiger partial charge in [-0.25, -0.2) is 4.39 Å². The Hall–Kier alpha value is -3.17. The lowest BCUT2D eigenvalue weighted by atomic mass is 9.92. The molecule has 0 bridgehead atoms. The summed E-state index contributed by atoms with van der Waals surface area (Å²) in [6.45, 7) is 5.29. The van der Waals surface area contributed by atoms with Crippen LogP contribution in [0.1, 0.15) is 40.9 Å². The molecule has 1 aliphatic rings. The second kappa shape index (κ2) is 7.82. The van der Waals surface area contributed by atoms with Gasteiger partial charge in [-0.3, -0.25) is 4.90 Å². The average molecular weight is 411 g/mol. The van der Waals surface area contributed by atoms with Gasteiger partial charge in [-0.05, 0) is 73.8 Å². The van der Waals surface area contributed by atoms with E-state index in [1.165, 1.54) is 45.4 Å². The molecule has 0 saturated heterocycles. The minimum atomic E-state index is -0.207. The maximum atomic E-state index is 13.5. The van der Waals surface area contributed by atoms with Crippen LogP contribution in [-0.4, -0.2) is 23.1 Å². The molecule has 31 heavy (non-hydrogen) atoms. The molecule has 0 spiro atoms. The molecule has 0 radical (unpaired) electrons. The third-order valence-corrected chi connectivity index (χ3v) is 6.46. The van der Waals surface area contributed by atoms with Crippen molar-refractivity contribution in [2.75, 3.05) is 13.6 Å². The summed E-state index contributed by atoms with van der Waals surface area (Å²) < 4.78 is 15.8. The molecule has 0 N–H and O–H groups in total. The number of nitrogens with zero attached hydrogens (tertiary/aromatic N) is 2. The molecule has 0 amide bonds. The first-order valence-corrected chi connectivity index (χ1v) is 10.9. The second-order valence-electron chi connectivity index (χ2n) is 8.62. The summed E-state index contributed by atoms with van der Waals surface area (Å²) in [4.78, 5) is 2.45. The summed E-state index contributed by atoms with van der Waals surface area (Å²) in [6, 6.07) is 24.4. The highest BCUT2D eigenvalue weighted by Crippen LogP contribution is 2.41. The van der Waals surface area contributed by atoms with Crippen molar-refractivity contribution in [2.45, 2.75) is 26.3 Å². The number of fused-ring (bicyclic) bond motifs is 3. The molecule has 1 aliphatic heterocycles. The Morgan fingerprint density at radius 1 is 1.00 bits per heavy atom. The molecule has 3 aromatic carbocycles. The summed E-state index contributed by atoms with van der Waals surface area (Å²) in [5.41, 5.74) is 8.73. The van der Waals surface area contributed by atoms with Crippen molar-refractivity contribution in [3.63, 3.8) is 0 Å². The van der Waals surface area contributed by atoms with Crippen LogP contribution >= 0.6 is 0 Å². The van der Waals surface area contributed by atoms with Gasteiger partial charge in [-0.2, -0.15) is 0 Å². The lowest BCUT2D eigenvalue weighted by Crippen LogP contribution is -2.33. The number of halogens is 1. The number of hydrogen-bond acceptors (Lipinski definition) is 1. The van der Waals surface area contributed by atoms with E-state index in [1.807, 2.05) is 12.1 Å². The van der Waals surface area contributed by atoms with Crippen molar-refractivity contribution < 1.29 is 4.39 Å². The van der Waals surface area contributed by atoms with Gasteiger partial charge in [0.1, 0.15) is 5.82 Å². The Balaban J connectivity index is 1.77. The summed E-state index contributed by atoms with van der Waals surface area (Å²) in [5, 5.41) is 1.34. The number of aromatic nitrogens is 1. The first-order valence-electron chi connectivity index (χ1n) is 10.9. The molecule has 0 fully saturated rings. The number of likely N-dealkylation sites (N-methyl/N-ethyl adjacent to an activating group) is 1. The van der Waals surface area contributed by atoms with Gasteiger partial charge in [0.15, 0.2) is 0 Å². The molecule has 2 nitrogen and oxygen atoms in total. The molecule has 3 heteroatoms. The van der Waals surface area contributed by atoms with Crippen LogP contribution in [0.3, 0.4) is 0 Å². The smallest absolute Gasteiger partial charge is 0.123 e. The summed E-state index contributed by atoms with van der Waals surface area (Å²) >= 11 is 0. The number of aryl methyl sites for hydroxylation is 1. The summed E-state index contributed by atoms with van der Waals surface area (Å²) in [6.07, 6.45) is 3.25. The fourth-order valence-electron chi connectivity index (χ4n) is 4.87. The van der Waals surface area contributed by atoms with Gasteiger partial charge in [0.05, 0.1) is 11.6 Å². The largest absolute Gasteiger partial charge is 0.318 e. The van der Waals surface area contributed by atoms with E-state index in [4.69, 9.17) is 0 Å². The van der Waals surface area contributed by atoms with Crippen LogP contribution in [0.5, 0.6) is 0 Å². The van der Waals surface area contributed by atoms with Gasteiger partial charge < -0.3 is 4.57 Å². The van der Waals surface area contributed by atoms with Crippen LogP contribution < -0.4 is 0 Å². The van der Waals surface area contributed by atoms with E-state index in [9.17, 15) is 4.39 Å². The van der Waals surface area contributed by atoms with Crippen LogP contribution in [0.15, 0.2) is 72.8 Å². The highest BCUT2D eigenvalue weighted by molar-refractivity contribution is 5.91. The van der Waals surface area contributed by atoms with E-state index in [-0.39, 0.29) is 11.9 Å². The van der Waals surface area contributed by atoms with Crippen molar-refractivity contribution in [3.05, 3.63) is 107 Å². The first kappa shape index (κ1) is 19.8. The molecular formula is C28H27FN2. The maximum Gasteiger partial charge on any atom is 0.123 e. The SMILES string of the molecule is C/C(=C\n1c2c(c3cc(C)ccc31)CCN(C)C2c1ccccc1)c1ccc(F)cc1. The van der Waals surface area contributed by atoms with Crippen molar-refractivity contribution in [1.82, 2.24) is 9.47 Å². The number of benzene rings is 3. The molecule has 1 aromatic heterocycles. The zero-order valence-electron chi connectivity index (χ0n) is 18.3. The van der Waals surface area contributed by atoms with Crippen LogP contribution in [0, 0.1) is 12.7 Å². The van der Waals surface area contributed by atoms with E-state index in [2.05, 4.69) is 85.1 Å².